The number of carbonyl (C=O) groups excluding carboxylic acids is 1. The van der Waals surface area contributed by atoms with Crippen LogP contribution >= 0.6 is 11.6 Å². The Kier molecular flexibility index (Phi) is 5.29. The lowest BCUT2D eigenvalue weighted by Crippen LogP contribution is -2.25. The van der Waals surface area contributed by atoms with Crippen molar-refractivity contribution in [2.45, 2.75) is 0 Å². The largest absolute Gasteiger partial charge is 0.375 e. The smallest absolute Gasteiger partial charge is 0.259 e. The van der Waals surface area contributed by atoms with Crippen molar-refractivity contribution in [1.29, 1.82) is 0 Å². The molecule has 2 N–H and O–H groups in total. The van der Waals surface area contributed by atoms with Gasteiger partial charge in [0.2, 0.25) is 0 Å². The van der Waals surface area contributed by atoms with Crippen LogP contribution in [0.1, 0.15) is 5.56 Å². The first-order valence-corrected chi connectivity index (χ1v) is 6.59. The molecule has 0 saturated heterocycles. The van der Waals surface area contributed by atoms with Crippen molar-refractivity contribution >= 4 is 29.4 Å². The van der Waals surface area contributed by atoms with Crippen LogP contribution in [-0.2, 0) is 4.79 Å². The summed E-state index contributed by atoms with van der Waals surface area (Å²) in [4.78, 5) is 11.6. The lowest BCUT2D eigenvalue weighted by atomic mass is 10.2. The molecule has 1 amide bonds. The third-order valence-corrected chi connectivity index (χ3v) is 2.92. The summed E-state index contributed by atoms with van der Waals surface area (Å²) in [5.41, 5.74) is 3.73. The summed E-state index contributed by atoms with van der Waals surface area (Å²) >= 11 is 5.95. The number of carbonyl (C=O) groups is 1. The Bertz CT molecular complexity index is 644. The number of halogens is 2. The van der Waals surface area contributed by atoms with Gasteiger partial charge in [-0.2, -0.15) is 5.10 Å². The number of benzene rings is 2. The average molecular weight is 306 g/mol. The van der Waals surface area contributed by atoms with Gasteiger partial charge in [0.1, 0.15) is 5.82 Å². The van der Waals surface area contributed by atoms with Crippen LogP contribution < -0.4 is 10.7 Å². The van der Waals surface area contributed by atoms with Crippen LogP contribution in [0.2, 0.25) is 5.02 Å². The second-order valence-corrected chi connectivity index (χ2v) is 4.59. The van der Waals surface area contributed by atoms with Crippen LogP contribution in [0, 0.1) is 5.82 Å². The van der Waals surface area contributed by atoms with Gasteiger partial charge in [0.25, 0.3) is 5.91 Å². The predicted molar refractivity (Wildman–Crippen MR) is 82.1 cm³/mol. The molecule has 21 heavy (non-hydrogen) atoms. The number of nitrogens with one attached hydrogen (secondary N) is 2. The van der Waals surface area contributed by atoms with Crippen LogP contribution in [0.25, 0.3) is 0 Å². The monoisotopic (exact) mass is 305 g/mol. The van der Waals surface area contributed by atoms with Gasteiger partial charge in [-0.15, -0.1) is 0 Å². The Balaban J connectivity index is 1.80. The van der Waals surface area contributed by atoms with E-state index in [-0.39, 0.29) is 18.3 Å². The van der Waals surface area contributed by atoms with Crippen molar-refractivity contribution < 1.29 is 9.18 Å². The Morgan fingerprint density at radius 1 is 1.19 bits per heavy atom. The SMILES string of the molecule is O=C(CNc1ccccc1Cl)N/N=C\c1ccc(F)cc1. The van der Waals surface area contributed by atoms with E-state index >= 15 is 0 Å². The molecule has 0 saturated carbocycles. The summed E-state index contributed by atoms with van der Waals surface area (Å²) in [6.07, 6.45) is 1.44. The van der Waals surface area contributed by atoms with E-state index < -0.39 is 0 Å². The molecule has 0 aromatic heterocycles. The van der Waals surface area contributed by atoms with E-state index in [4.69, 9.17) is 11.6 Å². The highest BCUT2D eigenvalue weighted by atomic mass is 35.5. The number of amides is 1. The average Bonchev–Trinajstić information content (AvgIpc) is 2.48. The Morgan fingerprint density at radius 2 is 1.90 bits per heavy atom. The Labute approximate surface area is 126 Å². The number of hydrogen-bond donors (Lipinski definition) is 2. The van der Waals surface area contributed by atoms with Gasteiger partial charge in [0.05, 0.1) is 23.5 Å². The minimum absolute atomic E-state index is 0.0461. The molecule has 0 aliphatic heterocycles. The lowest BCUT2D eigenvalue weighted by Gasteiger charge is -2.06. The molecule has 108 valence electrons. The van der Waals surface area contributed by atoms with Gasteiger partial charge in [0.15, 0.2) is 0 Å². The molecule has 2 aromatic rings. The Morgan fingerprint density at radius 3 is 2.62 bits per heavy atom. The topological polar surface area (TPSA) is 53.5 Å². The fraction of sp³-hybridized carbons (Fsp3) is 0.0667. The van der Waals surface area contributed by atoms with Crippen LogP contribution in [0.15, 0.2) is 53.6 Å². The molecule has 0 radical (unpaired) electrons. The minimum Gasteiger partial charge on any atom is -0.375 e. The molecule has 0 aliphatic carbocycles. The minimum atomic E-state index is -0.319. The predicted octanol–water partition coefficient (Wildman–Crippen LogP) is 3.04. The van der Waals surface area contributed by atoms with Crippen LogP contribution in [-0.4, -0.2) is 18.7 Å². The number of rotatable bonds is 5. The van der Waals surface area contributed by atoms with E-state index in [1.165, 1.54) is 18.3 Å². The zero-order valence-corrected chi connectivity index (χ0v) is 11.8. The van der Waals surface area contributed by atoms with Crippen molar-refractivity contribution in [3.8, 4) is 0 Å². The zero-order valence-electron chi connectivity index (χ0n) is 11.0. The second-order valence-electron chi connectivity index (χ2n) is 4.18. The number of hydrogen-bond acceptors (Lipinski definition) is 3. The van der Waals surface area contributed by atoms with Crippen molar-refractivity contribution in [3.05, 3.63) is 64.9 Å². The van der Waals surface area contributed by atoms with Crippen LogP contribution in [0.4, 0.5) is 10.1 Å². The standard InChI is InChI=1S/C15H13ClFN3O/c16-13-3-1-2-4-14(13)18-10-15(21)20-19-9-11-5-7-12(17)8-6-11/h1-9,18H,10H2,(H,20,21)/b19-9-. The highest BCUT2D eigenvalue weighted by molar-refractivity contribution is 6.33. The molecular formula is C15H13ClFN3O. The number of anilines is 1. The second kappa shape index (κ2) is 7.40. The summed E-state index contributed by atoms with van der Waals surface area (Å²) in [6, 6.07) is 12.9. The zero-order chi connectivity index (χ0) is 15.1. The molecule has 2 rings (SSSR count). The highest BCUT2D eigenvalue weighted by Gasteiger charge is 2.02. The first-order chi connectivity index (χ1) is 10.1. The van der Waals surface area contributed by atoms with Crippen molar-refractivity contribution in [2.75, 3.05) is 11.9 Å². The first-order valence-electron chi connectivity index (χ1n) is 6.21. The van der Waals surface area contributed by atoms with Gasteiger partial charge >= 0.3 is 0 Å². The maximum atomic E-state index is 12.7. The van der Waals surface area contributed by atoms with Crippen molar-refractivity contribution in [3.63, 3.8) is 0 Å². The summed E-state index contributed by atoms with van der Waals surface area (Å²) in [5, 5.41) is 7.23. The summed E-state index contributed by atoms with van der Waals surface area (Å²) in [7, 11) is 0. The molecule has 0 aliphatic rings. The number of hydrazone groups is 1. The van der Waals surface area contributed by atoms with Gasteiger partial charge in [-0.1, -0.05) is 35.9 Å². The van der Waals surface area contributed by atoms with Gasteiger partial charge < -0.3 is 5.32 Å². The highest BCUT2D eigenvalue weighted by Crippen LogP contribution is 2.19. The molecule has 0 bridgehead atoms. The van der Waals surface area contributed by atoms with Gasteiger partial charge in [-0.05, 0) is 29.8 Å². The van der Waals surface area contributed by atoms with E-state index in [1.54, 1.807) is 30.3 Å². The normalized spacial score (nSPS) is 10.6. The van der Waals surface area contributed by atoms with E-state index in [0.717, 1.165) is 0 Å². The summed E-state index contributed by atoms with van der Waals surface area (Å²) in [5.74, 6) is -0.631. The van der Waals surface area contributed by atoms with Crippen LogP contribution in [0.5, 0.6) is 0 Å². The van der Waals surface area contributed by atoms with Gasteiger partial charge in [0, 0.05) is 0 Å². The third-order valence-electron chi connectivity index (χ3n) is 2.59. The number of nitrogens with zero attached hydrogens (tertiary/aromatic N) is 1. The molecule has 0 fully saturated rings. The lowest BCUT2D eigenvalue weighted by molar-refractivity contribution is -0.119. The molecule has 0 unspecified atom stereocenters. The molecule has 0 spiro atoms. The van der Waals surface area contributed by atoms with E-state index in [0.29, 0.717) is 16.3 Å². The quantitative estimate of drug-likeness (QED) is 0.659. The molecule has 0 atom stereocenters. The van der Waals surface area contributed by atoms with E-state index in [9.17, 15) is 9.18 Å². The molecule has 2 aromatic carbocycles. The molecule has 0 heterocycles. The maximum Gasteiger partial charge on any atom is 0.259 e. The summed E-state index contributed by atoms with van der Waals surface area (Å²) in [6.45, 7) is 0.0461. The number of para-hydroxylation sites is 1. The third kappa shape index (κ3) is 4.89. The van der Waals surface area contributed by atoms with E-state index in [1.807, 2.05) is 6.07 Å². The van der Waals surface area contributed by atoms with Crippen molar-refractivity contribution in [1.82, 2.24) is 5.43 Å². The fourth-order valence-corrected chi connectivity index (χ4v) is 1.75. The first kappa shape index (κ1) is 15.0. The Hall–Kier alpha value is -2.40. The van der Waals surface area contributed by atoms with Gasteiger partial charge in [-0.25, -0.2) is 9.82 Å². The molecule has 4 nitrogen and oxygen atoms in total. The van der Waals surface area contributed by atoms with Crippen molar-refractivity contribution in [2.24, 2.45) is 5.10 Å². The molecular weight excluding hydrogens is 293 g/mol. The fourth-order valence-electron chi connectivity index (χ4n) is 1.55. The molecule has 6 heteroatoms. The van der Waals surface area contributed by atoms with E-state index in [2.05, 4.69) is 15.8 Å². The summed E-state index contributed by atoms with van der Waals surface area (Å²) < 4.78 is 12.7. The van der Waals surface area contributed by atoms with Gasteiger partial charge in [-0.3, -0.25) is 4.79 Å². The maximum absolute atomic E-state index is 12.7. The van der Waals surface area contributed by atoms with Crippen LogP contribution in [0.3, 0.4) is 0 Å².